The monoisotopic (exact) mass is 247 g/mol. The topological polar surface area (TPSA) is 47.6 Å². The number of rotatable bonds is 6. The van der Waals surface area contributed by atoms with E-state index in [0.717, 1.165) is 5.57 Å². The smallest absolute Gasteiger partial charge is 0.407 e. The molecule has 0 fully saturated rings. The van der Waals surface area contributed by atoms with E-state index in [2.05, 4.69) is 11.9 Å². The third-order valence-electron chi connectivity index (χ3n) is 1.91. The molecule has 1 amide bonds. The van der Waals surface area contributed by atoms with Crippen LogP contribution in [0.2, 0.25) is 0 Å². The third-order valence-corrected chi connectivity index (χ3v) is 2.44. The molecule has 0 rings (SSSR count). The standard InChI is InChI=1S/C11H18ClNO3/c1-5-16-11(14)13-7-6-8(2)10(12)9(3)15-4/h3,5-7H2,1-2,4H3,(H,13,14). The predicted octanol–water partition coefficient (Wildman–Crippen LogP) is 2.80. The number of ether oxygens (including phenoxy) is 2. The highest BCUT2D eigenvalue weighted by atomic mass is 35.5. The Morgan fingerprint density at radius 2 is 2.12 bits per heavy atom. The van der Waals surface area contributed by atoms with Crippen molar-refractivity contribution in [2.45, 2.75) is 20.3 Å². The van der Waals surface area contributed by atoms with Gasteiger partial charge >= 0.3 is 6.09 Å². The van der Waals surface area contributed by atoms with Crippen LogP contribution in [-0.4, -0.2) is 26.4 Å². The average Bonchev–Trinajstić information content (AvgIpc) is 2.27. The van der Waals surface area contributed by atoms with E-state index in [0.29, 0.717) is 30.4 Å². The highest BCUT2D eigenvalue weighted by molar-refractivity contribution is 6.32. The lowest BCUT2D eigenvalue weighted by molar-refractivity contribution is 0.152. The van der Waals surface area contributed by atoms with Gasteiger partial charge in [-0.05, 0) is 25.8 Å². The van der Waals surface area contributed by atoms with E-state index < -0.39 is 6.09 Å². The van der Waals surface area contributed by atoms with Crippen LogP contribution in [0.4, 0.5) is 4.79 Å². The molecule has 4 nitrogen and oxygen atoms in total. The molecule has 0 heterocycles. The summed E-state index contributed by atoms with van der Waals surface area (Å²) >= 11 is 5.97. The normalized spacial score (nSPS) is 11.5. The van der Waals surface area contributed by atoms with Crippen LogP contribution in [0.3, 0.4) is 0 Å². The van der Waals surface area contributed by atoms with Crippen molar-refractivity contribution in [1.82, 2.24) is 5.32 Å². The van der Waals surface area contributed by atoms with Gasteiger partial charge in [-0.25, -0.2) is 4.79 Å². The van der Waals surface area contributed by atoms with E-state index in [1.165, 1.54) is 7.11 Å². The molecule has 0 atom stereocenters. The Morgan fingerprint density at radius 3 is 2.62 bits per heavy atom. The van der Waals surface area contributed by atoms with Crippen LogP contribution >= 0.6 is 11.6 Å². The molecule has 0 radical (unpaired) electrons. The molecule has 16 heavy (non-hydrogen) atoms. The van der Waals surface area contributed by atoms with Gasteiger partial charge in [-0.1, -0.05) is 18.2 Å². The van der Waals surface area contributed by atoms with Crippen molar-refractivity contribution < 1.29 is 14.3 Å². The first-order valence-corrected chi connectivity index (χ1v) is 5.39. The molecule has 1 N–H and O–H groups in total. The number of alkyl carbamates (subject to hydrolysis) is 1. The van der Waals surface area contributed by atoms with Crippen molar-refractivity contribution in [1.29, 1.82) is 0 Å². The van der Waals surface area contributed by atoms with Crippen LogP contribution in [0.5, 0.6) is 0 Å². The summed E-state index contributed by atoms with van der Waals surface area (Å²) in [7, 11) is 1.51. The van der Waals surface area contributed by atoms with Gasteiger partial charge in [0.25, 0.3) is 0 Å². The number of carbonyl (C=O) groups is 1. The van der Waals surface area contributed by atoms with E-state index >= 15 is 0 Å². The molecular formula is C11H18ClNO3. The van der Waals surface area contributed by atoms with Crippen molar-refractivity contribution in [2.24, 2.45) is 0 Å². The number of amides is 1. The van der Waals surface area contributed by atoms with Crippen LogP contribution in [0.25, 0.3) is 0 Å². The van der Waals surface area contributed by atoms with E-state index in [4.69, 9.17) is 21.1 Å². The minimum Gasteiger partial charge on any atom is -0.496 e. The lowest BCUT2D eigenvalue weighted by atomic mass is 10.2. The quantitative estimate of drug-likeness (QED) is 0.580. The summed E-state index contributed by atoms with van der Waals surface area (Å²) in [5, 5.41) is 3.10. The number of hydrogen-bond donors (Lipinski definition) is 1. The van der Waals surface area contributed by atoms with Crippen molar-refractivity contribution in [3.8, 4) is 0 Å². The van der Waals surface area contributed by atoms with Crippen molar-refractivity contribution >= 4 is 17.7 Å². The SMILES string of the molecule is C=C(OC)C(Cl)=C(C)CCNC(=O)OCC. The number of carbonyl (C=O) groups excluding carboxylic acids is 1. The summed E-state index contributed by atoms with van der Waals surface area (Å²) in [5.41, 5.74) is 0.908. The minimum absolute atomic E-state index is 0.363. The summed E-state index contributed by atoms with van der Waals surface area (Å²) < 4.78 is 9.61. The second-order valence-corrected chi connectivity index (χ2v) is 3.50. The van der Waals surface area contributed by atoms with Gasteiger partial charge < -0.3 is 14.8 Å². The first-order valence-electron chi connectivity index (χ1n) is 5.02. The molecule has 0 spiro atoms. The van der Waals surface area contributed by atoms with Crippen molar-refractivity contribution in [3.63, 3.8) is 0 Å². The van der Waals surface area contributed by atoms with Crippen molar-refractivity contribution in [3.05, 3.63) is 22.9 Å². The average molecular weight is 248 g/mol. The van der Waals surface area contributed by atoms with Crippen LogP contribution in [0.1, 0.15) is 20.3 Å². The van der Waals surface area contributed by atoms with E-state index in [1.54, 1.807) is 6.92 Å². The lowest BCUT2D eigenvalue weighted by Gasteiger charge is -2.08. The zero-order chi connectivity index (χ0) is 12.6. The van der Waals surface area contributed by atoms with Crippen LogP contribution in [-0.2, 0) is 9.47 Å². The zero-order valence-corrected chi connectivity index (χ0v) is 10.7. The molecule has 0 aliphatic carbocycles. The highest BCUT2D eigenvalue weighted by Crippen LogP contribution is 2.19. The number of allylic oxidation sites excluding steroid dienone is 1. The molecule has 0 aliphatic rings. The van der Waals surface area contributed by atoms with Gasteiger partial charge in [0.2, 0.25) is 0 Å². The molecule has 0 saturated carbocycles. The second kappa shape index (κ2) is 8.05. The first kappa shape index (κ1) is 14.8. The van der Waals surface area contributed by atoms with Gasteiger partial charge in [-0.2, -0.15) is 0 Å². The predicted molar refractivity (Wildman–Crippen MR) is 64.3 cm³/mol. The number of hydrogen-bond acceptors (Lipinski definition) is 3. The molecule has 0 aromatic carbocycles. The molecule has 0 aromatic heterocycles. The van der Waals surface area contributed by atoms with Gasteiger partial charge in [0, 0.05) is 6.54 Å². The number of halogens is 1. The molecular weight excluding hydrogens is 230 g/mol. The summed E-state index contributed by atoms with van der Waals surface area (Å²) in [6.45, 7) is 8.09. The van der Waals surface area contributed by atoms with Gasteiger partial charge in [0.15, 0.2) is 0 Å². The molecule has 5 heteroatoms. The zero-order valence-electron chi connectivity index (χ0n) is 9.93. The maximum Gasteiger partial charge on any atom is 0.407 e. The molecule has 0 unspecified atom stereocenters. The molecule has 92 valence electrons. The maximum absolute atomic E-state index is 11.0. The summed E-state index contributed by atoms with van der Waals surface area (Å²) in [4.78, 5) is 11.0. The first-order chi connectivity index (χ1) is 7.52. The van der Waals surface area contributed by atoms with Crippen LogP contribution < -0.4 is 5.32 Å². The van der Waals surface area contributed by atoms with Gasteiger partial charge in [-0.15, -0.1) is 0 Å². The molecule has 0 bridgehead atoms. The largest absolute Gasteiger partial charge is 0.496 e. The van der Waals surface area contributed by atoms with E-state index in [9.17, 15) is 4.79 Å². The van der Waals surface area contributed by atoms with Crippen LogP contribution in [0, 0.1) is 0 Å². The summed E-state index contributed by atoms with van der Waals surface area (Å²) in [6.07, 6.45) is 0.206. The summed E-state index contributed by atoms with van der Waals surface area (Å²) in [6, 6.07) is 0. The minimum atomic E-state index is -0.419. The fourth-order valence-electron chi connectivity index (χ4n) is 0.972. The lowest BCUT2D eigenvalue weighted by Crippen LogP contribution is -2.25. The second-order valence-electron chi connectivity index (χ2n) is 3.12. The number of methoxy groups -OCH3 is 1. The highest BCUT2D eigenvalue weighted by Gasteiger charge is 2.05. The van der Waals surface area contributed by atoms with Gasteiger partial charge in [-0.3, -0.25) is 0 Å². The Balaban J connectivity index is 4.02. The van der Waals surface area contributed by atoms with Crippen LogP contribution in [0.15, 0.2) is 22.9 Å². The molecule has 0 aliphatic heterocycles. The Bertz CT molecular complexity index is 287. The van der Waals surface area contributed by atoms with E-state index in [1.807, 2.05) is 6.92 Å². The van der Waals surface area contributed by atoms with Crippen molar-refractivity contribution in [2.75, 3.05) is 20.3 Å². The third kappa shape index (κ3) is 5.66. The summed E-state index contributed by atoms with van der Waals surface area (Å²) in [5.74, 6) is 0.426. The fourth-order valence-corrected chi connectivity index (χ4v) is 1.14. The number of nitrogens with one attached hydrogen (secondary N) is 1. The Labute approximate surface area is 101 Å². The molecule has 0 aromatic rings. The van der Waals surface area contributed by atoms with E-state index in [-0.39, 0.29) is 0 Å². The molecule has 0 saturated heterocycles. The van der Waals surface area contributed by atoms with Gasteiger partial charge in [0.05, 0.1) is 18.7 Å². The fraction of sp³-hybridized carbons (Fsp3) is 0.545. The Morgan fingerprint density at radius 1 is 1.50 bits per heavy atom. The maximum atomic E-state index is 11.0. The van der Waals surface area contributed by atoms with Gasteiger partial charge in [0.1, 0.15) is 5.76 Å². The Hall–Kier alpha value is -1.16. The Kier molecular flexibility index (Phi) is 7.46.